The molecule has 1 rings (SSSR count). The van der Waals surface area contributed by atoms with E-state index in [0.29, 0.717) is 16.7 Å². The molecule has 0 heterocycles. The Morgan fingerprint density at radius 2 is 1.95 bits per heavy atom. The van der Waals surface area contributed by atoms with Gasteiger partial charge in [0.25, 0.3) is 0 Å². The highest BCUT2D eigenvalue weighted by molar-refractivity contribution is 9.10. The van der Waals surface area contributed by atoms with Crippen molar-refractivity contribution in [1.82, 2.24) is 0 Å². The first-order valence-corrected chi connectivity index (χ1v) is 7.73. The van der Waals surface area contributed by atoms with E-state index in [1.165, 1.54) is 11.8 Å². The normalized spacial score (nSPS) is 11.5. The van der Waals surface area contributed by atoms with Crippen LogP contribution < -0.4 is 15.2 Å². The smallest absolute Gasteiger partial charge is 0.161 e. The van der Waals surface area contributed by atoms with Gasteiger partial charge in [0.05, 0.1) is 14.2 Å². The third-order valence-corrected chi connectivity index (χ3v) is 4.04. The number of rotatable bonds is 6. The number of ether oxygens (including phenoxy) is 2. The summed E-state index contributed by atoms with van der Waals surface area (Å²) in [6, 6.07) is 3.84. The first kappa shape index (κ1) is 16.2. The maximum absolute atomic E-state index is 5.83. The van der Waals surface area contributed by atoms with Gasteiger partial charge in [-0.3, -0.25) is 4.99 Å². The van der Waals surface area contributed by atoms with Crippen LogP contribution in [0.1, 0.15) is 18.9 Å². The lowest BCUT2D eigenvalue weighted by atomic mass is 10.2. The van der Waals surface area contributed by atoms with Crippen molar-refractivity contribution in [2.75, 3.05) is 20.8 Å². The Hall–Kier alpha value is -0.880. The first-order chi connectivity index (χ1) is 9.12. The summed E-state index contributed by atoms with van der Waals surface area (Å²) in [5.41, 5.74) is 6.92. The summed E-state index contributed by atoms with van der Waals surface area (Å²) in [7, 11) is 3.24. The second-order valence-corrected chi connectivity index (χ2v) is 5.66. The van der Waals surface area contributed by atoms with E-state index < -0.39 is 0 Å². The molecule has 19 heavy (non-hydrogen) atoms. The SMILES string of the molecule is CCCN=C(N)SCc1cc(OC)c(OC)cc1Br. The minimum Gasteiger partial charge on any atom is -0.493 e. The molecule has 106 valence electrons. The number of hydrogen-bond acceptors (Lipinski definition) is 4. The van der Waals surface area contributed by atoms with Gasteiger partial charge in [-0.05, 0) is 24.1 Å². The average Bonchev–Trinajstić information content (AvgIpc) is 2.43. The largest absolute Gasteiger partial charge is 0.493 e. The van der Waals surface area contributed by atoms with Crippen molar-refractivity contribution in [2.45, 2.75) is 19.1 Å². The van der Waals surface area contributed by atoms with Gasteiger partial charge in [0, 0.05) is 16.8 Å². The minimum absolute atomic E-state index is 0.614. The van der Waals surface area contributed by atoms with Crippen LogP contribution in [0.4, 0.5) is 0 Å². The summed E-state index contributed by atoms with van der Waals surface area (Å²) in [6.07, 6.45) is 1.00. The predicted molar refractivity (Wildman–Crippen MR) is 85.3 cm³/mol. The highest BCUT2D eigenvalue weighted by atomic mass is 79.9. The van der Waals surface area contributed by atoms with Crippen LogP contribution in [0.3, 0.4) is 0 Å². The number of nitrogens with zero attached hydrogens (tertiary/aromatic N) is 1. The highest BCUT2D eigenvalue weighted by Crippen LogP contribution is 2.34. The molecule has 0 unspecified atom stereocenters. The Bertz CT molecular complexity index is 453. The maximum atomic E-state index is 5.83. The third kappa shape index (κ3) is 4.95. The van der Waals surface area contributed by atoms with E-state index >= 15 is 0 Å². The number of amidine groups is 1. The second-order valence-electron chi connectivity index (χ2n) is 3.81. The Labute approximate surface area is 126 Å². The van der Waals surface area contributed by atoms with E-state index in [9.17, 15) is 0 Å². The molecule has 0 bridgehead atoms. The van der Waals surface area contributed by atoms with Crippen molar-refractivity contribution < 1.29 is 9.47 Å². The lowest BCUT2D eigenvalue weighted by Crippen LogP contribution is -2.07. The molecule has 1 aromatic carbocycles. The summed E-state index contributed by atoms with van der Waals surface area (Å²) < 4.78 is 11.5. The van der Waals surface area contributed by atoms with Gasteiger partial charge < -0.3 is 15.2 Å². The van der Waals surface area contributed by atoms with E-state index in [-0.39, 0.29) is 0 Å². The average molecular weight is 347 g/mol. The highest BCUT2D eigenvalue weighted by Gasteiger charge is 2.10. The van der Waals surface area contributed by atoms with Gasteiger partial charge in [-0.1, -0.05) is 34.6 Å². The van der Waals surface area contributed by atoms with Crippen molar-refractivity contribution >= 4 is 32.9 Å². The Balaban J connectivity index is 2.78. The zero-order chi connectivity index (χ0) is 14.3. The maximum Gasteiger partial charge on any atom is 0.161 e. The molecule has 0 radical (unpaired) electrons. The Morgan fingerprint density at radius 3 is 2.53 bits per heavy atom. The standard InChI is InChI=1S/C13H19BrN2O2S/c1-4-5-16-13(15)19-8-9-6-11(17-2)12(18-3)7-10(9)14/h6-7H,4-5,8H2,1-3H3,(H2,15,16). The quantitative estimate of drug-likeness (QED) is 0.633. The minimum atomic E-state index is 0.614. The third-order valence-electron chi connectivity index (χ3n) is 2.42. The van der Waals surface area contributed by atoms with Crippen molar-refractivity contribution in [2.24, 2.45) is 10.7 Å². The summed E-state index contributed by atoms with van der Waals surface area (Å²) in [6.45, 7) is 2.85. The van der Waals surface area contributed by atoms with Crippen molar-refractivity contribution in [3.63, 3.8) is 0 Å². The molecule has 1 aromatic rings. The Morgan fingerprint density at radius 1 is 1.32 bits per heavy atom. The fourth-order valence-electron chi connectivity index (χ4n) is 1.43. The summed E-state index contributed by atoms with van der Waals surface area (Å²) in [4.78, 5) is 4.25. The summed E-state index contributed by atoms with van der Waals surface area (Å²) in [5.74, 6) is 2.15. The van der Waals surface area contributed by atoms with Gasteiger partial charge in [0.1, 0.15) is 0 Å². The van der Waals surface area contributed by atoms with Crippen molar-refractivity contribution in [3.8, 4) is 11.5 Å². The van der Waals surface area contributed by atoms with Gasteiger partial charge in [0.2, 0.25) is 0 Å². The molecule has 0 aliphatic carbocycles. The van der Waals surface area contributed by atoms with Crippen molar-refractivity contribution in [1.29, 1.82) is 0 Å². The van der Waals surface area contributed by atoms with Crippen LogP contribution in [0.5, 0.6) is 11.5 Å². The zero-order valence-electron chi connectivity index (χ0n) is 11.4. The fourth-order valence-corrected chi connectivity index (χ4v) is 2.80. The fraction of sp³-hybridized carbons (Fsp3) is 0.462. The zero-order valence-corrected chi connectivity index (χ0v) is 13.8. The number of thioether (sulfide) groups is 1. The molecule has 0 fully saturated rings. The predicted octanol–water partition coefficient (Wildman–Crippen LogP) is 3.42. The summed E-state index contributed by atoms with van der Waals surface area (Å²) >= 11 is 5.04. The molecule has 0 atom stereocenters. The lowest BCUT2D eigenvalue weighted by molar-refractivity contribution is 0.354. The van der Waals surface area contributed by atoms with E-state index in [2.05, 4.69) is 27.8 Å². The van der Waals surface area contributed by atoms with E-state index in [4.69, 9.17) is 15.2 Å². The number of hydrogen-bond donors (Lipinski definition) is 1. The number of aliphatic imine (C=N–C) groups is 1. The Kier molecular flexibility index (Phi) is 7.09. The molecular formula is C13H19BrN2O2S. The molecule has 0 aliphatic rings. The number of nitrogens with two attached hydrogens (primary N) is 1. The first-order valence-electron chi connectivity index (χ1n) is 5.95. The van der Waals surface area contributed by atoms with Crippen LogP contribution in [0.25, 0.3) is 0 Å². The molecule has 4 nitrogen and oxygen atoms in total. The van der Waals surface area contributed by atoms with Crippen LogP contribution in [0.15, 0.2) is 21.6 Å². The van der Waals surface area contributed by atoms with Gasteiger partial charge >= 0.3 is 0 Å². The molecule has 6 heteroatoms. The molecule has 0 saturated heterocycles. The van der Waals surface area contributed by atoms with Crippen LogP contribution in [0.2, 0.25) is 0 Å². The van der Waals surface area contributed by atoms with Gasteiger partial charge in [-0.15, -0.1) is 0 Å². The van der Waals surface area contributed by atoms with Gasteiger partial charge in [-0.2, -0.15) is 0 Å². The monoisotopic (exact) mass is 346 g/mol. The molecular weight excluding hydrogens is 328 g/mol. The summed E-state index contributed by atoms with van der Waals surface area (Å²) in [5, 5.41) is 0.614. The number of halogens is 1. The number of benzene rings is 1. The van der Waals surface area contributed by atoms with Gasteiger partial charge in [0.15, 0.2) is 16.7 Å². The lowest BCUT2D eigenvalue weighted by Gasteiger charge is -2.11. The van der Waals surface area contributed by atoms with Crippen molar-refractivity contribution in [3.05, 3.63) is 22.2 Å². The van der Waals surface area contributed by atoms with E-state index in [1.54, 1.807) is 14.2 Å². The van der Waals surface area contributed by atoms with Gasteiger partial charge in [-0.25, -0.2) is 0 Å². The van der Waals surface area contributed by atoms with Crippen LogP contribution in [0, 0.1) is 0 Å². The van der Waals surface area contributed by atoms with Crippen LogP contribution in [-0.2, 0) is 5.75 Å². The van der Waals surface area contributed by atoms with E-state index in [1.807, 2.05) is 12.1 Å². The molecule has 0 saturated carbocycles. The topological polar surface area (TPSA) is 56.8 Å². The van der Waals surface area contributed by atoms with Crippen LogP contribution >= 0.6 is 27.7 Å². The molecule has 2 N–H and O–H groups in total. The van der Waals surface area contributed by atoms with Crippen LogP contribution in [-0.4, -0.2) is 25.9 Å². The van der Waals surface area contributed by atoms with E-state index in [0.717, 1.165) is 28.8 Å². The molecule has 0 aromatic heterocycles. The molecule has 0 spiro atoms. The number of methoxy groups -OCH3 is 2. The second kappa shape index (κ2) is 8.32. The molecule has 0 aliphatic heterocycles. The molecule has 0 amide bonds.